The van der Waals surface area contributed by atoms with Crippen LogP contribution >= 0.6 is 0 Å². The third-order valence-corrected chi connectivity index (χ3v) is 3.23. The highest BCUT2D eigenvalue weighted by Crippen LogP contribution is 2.15. The molecule has 1 saturated heterocycles. The van der Waals surface area contributed by atoms with E-state index in [1.807, 2.05) is 24.0 Å². The summed E-state index contributed by atoms with van der Waals surface area (Å²) in [5.41, 5.74) is 1.91. The summed E-state index contributed by atoms with van der Waals surface area (Å²) in [4.78, 5) is 14.2. The summed E-state index contributed by atoms with van der Waals surface area (Å²) in [7, 11) is 0. The molecular weight excluding hydrogens is 210 g/mol. The highest BCUT2D eigenvalue weighted by molar-refractivity contribution is 5.96. The van der Waals surface area contributed by atoms with Crippen LogP contribution in [0.2, 0.25) is 0 Å². The minimum Gasteiger partial charge on any atom is -0.339 e. The molecule has 17 heavy (non-hydrogen) atoms. The fraction of sp³-hybridized carbons (Fsp3) is 0.533. The zero-order valence-corrected chi connectivity index (χ0v) is 11.0. The lowest BCUT2D eigenvalue weighted by Gasteiger charge is -2.27. The number of likely N-dealkylation sites (tertiary alicyclic amines) is 1. The van der Waals surface area contributed by atoms with Crippen LogP contribution in [0.1, 0.15) is 39.5 Å². The Kier molecular flexibility index (Phi) is 5.75. The van der Waals surface area contributed by atoms with Crippen molar-refractivity contribution in [3.8, 4) is 0 Å². The Morgan fingerprint density at radius 3 is 2.41 bits per heavy atom. The first kappa shape index (κ1) is 13.8. The molecule has 1 aliphatic rings. The van der Waals surface area contributed by atoms with Crippen LogP contribution < -0.4 is 0 Å². The number of amides is 1. The van der Waals surface area contributed by atoms with Gasteiger partial charge in [-0.3, -0.25) is 4.79 Å². The van der Waals surface area contributed by atoms with Crippen molar-refractivity contribution in [3.05, 3.63) is 36.0 Å². The van der Waals surface area contributed by atoms with E-state index in [1.54, 1.807) is 6.08 Å². The Labute approximate surface area is 105 Å². The van der Waals surface area contributed by atoms with Gasteiger partial charge in [0.15, 0.2) is 0 Å². The number of carbonyl (C=O) groups excluding carboxylic acids is 1. The predicted octanol–water partition coefficient (Wildman–Crippen LogP) is 3.47. The number of piperidine rings is 1. The van der Waals surface area contributed by atoms with Crippen molar-refractivity contribution in [2.24, 2.45) is 0 Å². The fourth-order valence-electron chi connectivity index (χ4n) is 2.08. The molecule has 1 fully saturated rings. The van der Waals surface area contributed by atoms with Crippen molar-refractivity contribution in [1.29, 1.82) is 0 Å². The van der Waals surface area contributed by atoms with Gasteiger partial charge in [-0.05, 0) is 38.7 Å². The van der Waals surface area contributed by atoms with Gasteiger partial charge in [-0.1, -0.05) is 31.2 Å². The third kappa shape index (κ3) is 3.88. The number of allylic oxidation sites excluding steroid dienone is 3. The topological polar surface area (TPSA) is 20.3 Å². The van der Waals surface area contributed by atoms with Gasteiger partial charge in [-0.15, -0.1) is 0 Å². The van der Waals surface area contributed by atoms with Crippen LogP contribution in [0.4, 0.5) is 0 Å². The van der Waals surface area contributed by atoms with E-state index in [0.717, 1.165) is 37.9 Å². The molecule has 1 amide bonds. The molecule has 1 heterocycles. The van der Waals surface area contributed by atoms with E-state index >= 15 is 0 Å². The number of carbonyl (C=O) groups is 1. The molecular formula is C15H23NO. The van der Waals surface area contributed by atoms with E-state index < -0.39 is 0 Å². The third-order valence-electron chi connectivity index (χ3n) is 3.23. The van der Waals surface area contributed by atoms with Gasteiger partial charge in [0.2, 0.25) is 0 Å². The zero-order valence-electron chi connectivity index (χ0n) is 11.0. The molecule has 2 nitrogen and oxygen atoms in total. The first-order valence-electron chi connectivity index (χ1n) is 6.51. The smallest absolute Gasteiger partial charge is 0.253 e. The van der Waals surface area contributed by atoms with E-state index in [9.17, 15) is 4.79 Å². The molecule has 1 aliphatic heterocycles. The van der Waals surface area contributed by atoms with Crippen LogP contribution in [0.3, 0.4) is 0 Å². The van der Waals surface area contributed by atoms with E-state index in [2.05, 4.69) is 13.5 Å². The zero-order chi connectivity index (χ0) is 12.7. The average Bonchev–Trinajstić information content (AvgIpc) is 2.40. The van der Waals surface area contributed by atoms with Crippen LogP contribution in [0, 0.1) is 0 Å². The van der Waals surface area contributed by atoms with Crippen LogP contribution in [0.25, 0.3) is 0 Å². The minimum atomic E-state index is 0.132. The van der Waals surface area contributed by atoms with Gasteiger partial charge >= 0.3 is 0 Å². The molecule has 0 radical (unpaired) electrons. The van der Waals surface area contributed by atoms with Crippen molar-refractivity contribution in [2.75, 3.05) is 13.1 Å². The lowest BCUT2D eigenvalue weighted by atomic mass is 10.1. The van der Waals surface area contributed by atoms with Crippen LogP contribution in [0.5, 0.6) is 0 Å². The normalized spacial score (nSPS) is 18.1. The lowest BCUT2D eigenvalue weighted by molar-refractivity contribution is -0.127. The van der Waals surface area contributed by atoms with Gasteiger partial charge in [0.1, 0.15) is 0 Å². The Balaban J connectivity index is 2.79. The Morgan fingerprint density at radius 2 is 1.94 bits per heavy atom. The molecule has 1 rings (SSSR count). The predicted molar refractivity (Wildman–Crippen MR) is 72.8 cm³/mol. The second kappa shape index (κ2) is 7.10. The Hall–Kier alpha value is -1.31. The first-order chi connectivity index (χ1) is 8.22. The van der Waals surface area contributed by atoms with E-state index in [-0.39, 0.29) is 5.91 Å². The Morgan fingerprint density at radius 1 is 1.29 bits per heavy atom. The van der Waals surface area contributed by atoms with E-state index in [4.69, 9.17) is 0 Å². The molecule has 0 atom stereocenters. The number of hydrogen-bond donors (Lipinski definition) is 0. The number of rotatable bonds is 4. The standard InChI is InChI=1S/C15H23NO/c1-4-13(5-2)12-14(6-3)15(17)16-10-8-7-9-11-16/h4,6,12H,3,5,7-11H2,1-2H3/b13-4-,14-12+. The van der Waals surface area contributed by atoms with Crippen molar-refractivity contribution in [2.45, 2.75) is 39.5 Å². The maximum atomic E-state index is 12.3. The van der Waals surface area contributed by atoms with Gasteiger partial charge in [0.25, 0.3) is 5.91 Å². The molecule has 2 heteroatoms. The molecule has 94 valence electrons. The Bertz CT molecular complexity index is 333. The highest BCUT2D eigenvalue weighted by Gasteiger charge is 2.18. The molecule has 0 aromatic rings. The van der Waals surface area contributed by atoms with Gasteiger partial charge in [0, 0.05) is 18.7 Å². The van der Waals surface area contributed by atoms with E-state index in [0.29, 0.717) is 0 Å². The van der Waals surface area contributed by atoms with Crippen LogP contribution in [-0.4, -0.2) is 23.9 Å². The quantitative estimate of drug-likeness (QED) is 0.538. The van der Waals surface area contributed by atoms with Crippen LogP contribution in [0.15, 0.2) is 36.0 Å². The SMILES string of the molecule is C=C/C(=C\C(=C/C)CC)C(=O)N1CCCCC1. The molecule has 0 spiro atoms. The summed E-state index contributed by atoms with van der Waals surface area (Å²) in [5, 5.41) is 0. The molecule has 0 aromatic heterocycles. The van der Waals surface area contributed by atoms with Crippen molar-refractivity contribution >= 4 is 5.91 Å². The summed E-state index contributed by atoms with van der Waals surface area (Å²) in [6, 6.07) is 0. The molecule has 0 saturated carbocycles. The fourth-order valence-corrected chi connectivity index (χ4v) is 2.08. The largest absolute Gasteiger partial charge is 0.339 e. The monoisotopic (exact) mass is 233 g/mol. The van der Waals surface area contributed by atoms with Gasteiger partial charge in [-0.2, -0.15) is 0 Å². The van der Waals surface area contributed by atoms with Gasteiger partial charge in [0.05, 0.1) is 0 Å². The summed E-state index contributed by atoms with van der Waals surface area (Å²) in [6.45, 7) is 9.63. The summed E-state index contributed by atoms with van der Waals surface area (Å²) >= 11 is 0. The first-order valence-corrected chi connectivity index (χ1v) is 6.51. The summed E-state index contributed by atoms with van der Waals surface area (Å²) in [6.07, 6.45) is 10.1. The second-order valence-electron chi connectivity index (χ2n) is 4.37. The lowest BCUT2D eigenvalue weighted by Crippen LogP contribution is -2.36. The molecule has 0 bridgehead atoms. The maximum Gasteiger partial charge on any atom is 0.253 e. The number of hydrogen-bond acceptors (Lipinski definition) is 1. The molecule has 0 N–H and O–H groups in total. The van der Waals surface area contributed by atoms with Crippen molar-refractivity contribution < 1.29 is 4.79 Å². The molecule has 0 aliphatic carbocycles. The molecule has 0 unspecified atom stereocenters. The van der Waals surface area contributed by atoms with E-state index in [1.165, 1.54) is 12.0 Å². The number of nitrogens with zero attached hydrogens (tertiary/aromatic N) is 1. The van der Waals surface area contributed by atoms with Gasteiger partial charge < -0.3 is 4.90 Å². The summed E-state index contributed by atoms with van der Waals surface area (Å²) in [5.74, 6) is 0.132. The van der Waals surface area contributed by atoms with Crippen molar-refractivity contribution in [1.82, 2.24) is 4.90 Å². The minimum absolute atomic E-state index is 0.132. The van der Waals surface area contributed by atoms with Crippen molar-refractivity contribution in [3.63, 3.8) is 0 Å². The molecule has 0 aromatic carbocycles. The summed E-state index contributed by atoms with van der Waals surface area (Å²) < 4.78 is 0. The average molecular weight is 233 g/mol. The maximum absolute atomic E-state index is 12.3. The highest BCUT2D eigenvalue weighted by atomic mass is 16.2. The van der Waals surface area contributed by atoms with Crippen LogP contribution in [-0.2, 0) is 4.79 Å². The van der Waals surface area contributed by atoms with Gasteiger partial charge in [-0.25, -0.2) is 0 Å². The second-order valence-corrected chi connectivity index (χ2v) is 4.37.